The quantitative estimate of drug-likeness (QED) is 0.197. The van der Waals surface area contributed by atoms with Crippen molar-refractivity contribution in [1.82, 2.24) is 9.97 Å². The molecule has 2 heterocycles. The van der Waals surface area contributed by atoms with Crippen LogP contribution in [0.4, 0.5) is 0 Å². The van der Waals surface area contributed by atoms with E-state index in [4.69, 9.17) is 4.98 Å². The van der Waals surface area contributed by atoms with Gasteiger partial charge in [-0.25, -0.2) is 0 Å². The van der Waals surface area contributed by atoms with Gasteiger partial charge in [0.2, 0.25) is 0 Å². The number of nitrogens with zero attached hydrogens (tertiary/aromatic N) is 2. The molecular weight excluding hydrogens is 508 g/mol. The molecule has 0 spiro atoms. The van der Waals surface area contributed by atoms with Crippen molar-refractivity contribution in [2.24, 2.45) is 0 Å². The number of fused-ring (bicyclic) bond motifs is 5. The Labute approximate surface area is 240 Å². The molecule has 42 heavy (non-hydrogen) atoms. The fourth-order valence-electron chi connectivity index (χ4n) is 7.34. The van der Waals surface area contributed by atoms with E-state index in [1.807, 2.05) is 18.5 Å². The van der Waals surface area contributed by atoms with Gasteiger partial charge in [0, 0.05) is 28.7 Å². The molecule has 0 atom stereocenters. The van der Waals surface area contributed by atoms with Gasteiger partial charge >= 0.3 is 0 Å². The molecule has 8 aromatic carbocycles. The molecule has 0 unspecified atom stereocenters. The lowest BCUT2D eigenvalue weighted by atomic mass is 9.86. The zero-order valence-corrected chi connectivity index (χ0v) is 22.6. The Hall–Kier alpha value is -5.60. The van der Waals surface area contributed by atoms with Crippen molar-refractivity contribution in [3.63, 3.8) is 0 Å². The van der Waals surface area contributed by atoms with Crippen LogP contribution in [0.5, 0.6) is 0 Å². The molecule has 2 aromatic heterocycles. The van der Waals surface area contributed by atoms with Crippen LogP contribution in [-0.2, 0) is 0 Å². The van der Waals surface area contributed by atoms with Crippen LogP contribution in [0, 0.1) is 0 Å². The van der Waals surface area contributed by atoms with Crippen molar-refractivity contribution in [1.29, 1.82) is 0 Å². The minimum absolute atomic E-state index is 0.941. The first-order valence-corrected chi connectivity index (χ1v) is 14.4. The normalized spacial score (nSPS) is 12.3. The minimum atomic E-state index is 0.941. The monoisotopic (exact) mass is 530 g/mol. The third-order valence-electron chi connectivity index (χ3n) is 9.18. The zero-order valence-electron chi connectivity index (χ0n) is 22.6. The van der Waals surface area contributed by atoms with E-state index < -0.39 is 0 Å². The SMILES string of the molecule is c1cnc2c(c1)ccc1cc(-c3cc4ccc5cccc6c7cccc8ccc9cccc(c(c3)c4c56)c9c87)cnc12. The van der Waals surface area contributed by atoms with E-state index in [2.05, 4.69) is 120 Å². The predicted molar refractivity (Wildman–Crippen MR) is 179 cm³/mol. The third kappa shape index (κ3) is 2.88. The van der Waals surface area contributed by atoms with Crippen molar-refractivity contribution in [2.75, 3.05) is 0 Å². The van der Waals surface area contributed by atoms with E-state index in [0.29, 0.717) is 0 Å². The molecule has 0 saturated heterocycles. The summed E-state index contributed by atoms with van der Waals surface area (Å²) < 4.78 is 0. The van der Waals surface area contributed by atoms with Crippen LogP contribution < -0.4 is 0 Å². The van der Waals surface area contributed by atoms with Crippen LogP contribution in [-0.4, -0.2) is 9.97 Å². The molecule has 0 saturated carbocycles. The number of hydrogen-bond donors (Lipinski definition) is 0. The molecule has 0 amide bonds. The van der Waals surface area contributed by atoms with Gasteiger partial charge < -0.3 is 0 Å². The van der Waals surface area contributed by atoms with Crippen LogP contribution in [0.25, 0.3) is 97.6 Å². The first-order valence-electron chi connectivity index (χ1n) is 14.4. The first kappa shape index (κ1) is 22.1. The lowest BCUT2D eigenvalue weighted by Gasteiger charge is -2.17. The first-order chi connectivity index (χ1) is 20.8. The number of hydrogen-bond acceptors (Lipinski definition) is 2. The Morgan fingerprint density at radius 2 is 0.833 bits per heavy atom. The van der Waals surface area contributed by atoms with Gasteiger partial charge in [0.15, 0.2) is 0 Å². The number of benzene rings is 7. The average Bonchev–Trinajstić information content (AvgIpc) is 3.05. The van der Waals surface area contributed by atoms with Crippen molar-refractivity contribution in [3.8, 4) is 11.1 Å². The zero-order chi connectivity index (χ0) is 27.4. The maximum atomic E-state index is 4.95. The van der Waals surface area contributed by atoms with E-state index in [1.54, 1.807) is 0 Å². The summed E-state index contributed by atoms with van der Waals surface area (Å²) in [7, 11) is 0. The summed E-state index contributed by atoms with van der Waals surface area (Å²) in [6.45, 7) is 0. The summed E-state index contributed by atoms with van der Waals surface area (Å²) in [5.74, 6) is 0. The minimum Gasteiger partial charge on any atom is -0.254 e. The van der Waals surface area contributed by atoms with E-state index >= 15 is 0 Å². The van der Waals surface area contributed by atoms with Crippen molar-refractivity contribution in [3.05, 3.63) is 134 Å². The Morgan fingerprint density at radius 1 is 0.333 bits per heavy atom. The summed E-state index contributed by atoms with van der Waals surface area (Å²) >= 11 is 0. The molecular formula is C40H22N2. The molecule has 0 N–H and O–H groups in total. The van der Waals surface area contributed by atoms with Gasteiger partial charge in [-0.2, -0.15) is 0 Å². The second-order valence-corrected chi connectivity index (χ2v) is 11.4. The van der Waals surface area contributed by atoms with Gasteiger partial charge in [-0.15, -0.1) is 0 Å². The number of rotatable bonds is 1. The Morgan fingerprint density at radius 3 is 1.52 bits per heavy atom. The Balaban J connectivity index is 1.41. The fraction of sp³-hybridized carbons (Fsp3) is 0. The lowest BCUT2D eigenvalue weighted by Crippen LogP contribution is -1.90. The molecule has 0 aliphatic rings. The summed E-state index contributed by atoms with van der Waals surface area (Å²) in [4.78, 5) is 9.58. The smallest absolute Gasteiger partial charge is 0.0964 e. The fourth-order valence-corrected chi connectivity index (χ4v) is 7.34. The third-order valence-corrected chi connectivity index (χ3v) is 9.18. The summed E-state index contributed by atoms with van der Waals surface area (Å²) in [5, 5.41) is 17.7. The molecule has 0 aliphatic heterocycles. The summed E-state index contributed by atoms with van der Waals surface area (Å²) in [6, 6.07) is 44.7. The van der Waals surface area contributed by atoms with Crippen LogP contribution in [0.2, 0.25) is 0 Å². The molecule has 0 fully saturated rings. The molecule has 10 aromatic rings. The van der Waals surface area contributed by atoms with Gasteiger partial charge in [-0.1, -0.05) is 97.1 Å². The topological polar surface area (TPSA) is 25.8 Å². The maximum absolute atomic E-state index is 4.95. The largest absolute Gasteiger partial charge is 0.254 e. The van der Waals surface area contributed by atoms with E-state index in [0.717, 1.165) is 27.4 Å². The summed E-state index contributed by atoms with van der Waals surface area (Å²) in [5.41, 5.74) is 4.16. The molecule has 192 valence electrons. The van der Waals surface area contributed by atoms with E-state index in [1.165, 1.54) is 70.2 Å². The lowest BCUT2D eigenvalue weighted by molar-refractivity contribution is 1.37. The highest BCUT2D eigenvalue weighted by Crippen LogP contribution is 2.44. The highest BCUT2D eigenvalue weighted by molar-refractivity contribution is 6.37. The Bertz CT molecular complexity index is 2730. The van der Waals surface area contributed by atoms with Crippen LogP contribution in [0.1, 0.15) is 0 Å². The molecule has 0 aliphatic carbocycles. The Kier molecular flexibility index (Phi) is 4.21. The van der Waals surface area contributed by atoms with E-state index in [9.17, 15) is 0 Å². The number of aromatic nitrogens is 2. The maximum Gasteiger partial charge on any atom is 0.0964 e. The molecule has 2 nitrogen and oxygen atoms in total. The second kappa shape index (κ2) is 7.99. The highest BCUT2D eigenvalue weighted by atomic mass is 14.7. The predicted octanol–water partition coefficient (Wildman–Crippen LogP) is 10.8. The molecule has 0 bridgehead atoms. The van der Waals surface area contributed by atoms with Gasteiger partial charge in [0.25, 0.3) is 0 Å². The van der Waals surface area contributed by atoms with Gasteiger partial charge in [-0.3, -0.25) is 9.97 Å². The van der Waals surface area contributed by atoms with Crippen molar-refractivity contribution in [2.45, 2.75) is 0 Å². The van der Waals surface area contributed by atoms with Crippen LogP contribution >= 0.6 is 0 Å². The summed E-state index contributed by atoms with van der Waals surface area (Å²) in [6.07, 6.45) is 3.85. The van der Waals surface area contributed by atoms with E-state index in [-0.39, 0.29) is 0 Å². The van der Waals surface area contributed by atoms with Crippen molar-refractivity contribution < 1.29 is 0 Å². The molecule has 2 heteroatoms. The van der Waals surface area contributed by atoms with Gasteiger partial charge in [0.05, 0.1) is 11.0 Å². The second-order valence-electron chi connectivity index (χ2n) is 11.4. The van der Waals surface area contributed by atoms with Crippen molar-refractivity contribution >= 4 is 86.4 Å². The van der Waals surface area contributed by atoms with Crippen LogP contribution in [0.15, 0.2) is 134 Å². The van der Waals surface area contributed by atoms with Crippen LogP contribution in [0.3, 0.4) is 0 Å². The standard InChI is InChI=1S/C40H22N2/c1-5-23-12-13-24-7-3-11-33-34-21-29(30-20-28-17-15-26-8-4-18-41-39(26)40(28)42-22-30)19-27-16-14-25-6-2-10-32(36(25)38(27)34)31(9-1)35(23)37(24)33/h1-22H. The molecule has 10 rings (SSSR count). The average molecular weight is 531 g/mol. The molecule has 0 radical (unpaired) electrons. The highest BCUT2D eigenvalue weighted by Gasteiger charge is 2.16. The van der Waals surface area contributed by atoms with Gasteiger partial charge in [-0.05, 0) is 94.5 Å². The number of pyridine rings is 2. The van der Waals surface area contributed by atoms with Gasteiger partial charge in [0.1, 0.15) is 0 Å².